The van der Waals surface area contributed by atoms with Crippen LogP contribution in [0.15, 0.2) is 0 Å². The molecule has 1 aliphatic rings. The molecule has 1 atom stereocenters. The third kappa shape index (κ3) is 2.70. The Labute approximate surface area is 85.2 Å². The fraction of sp³-hybridized carbons (Fsp3) is 0.889. The molecular formula is C9H17NO3S. The molecule has 0 bridgehead atoms. The summed E-state index contributed by atoms with van der Waals surface area (Å²) in [7, 11) is -2.89. The lowest BCUT2D eigenvalue weighted by Crippen LogP contribution is -2.40. The van der Waals surface area contributed by atoms with E-state index in [1.165, 1.54) is 6.92 Å². The van der Waals surface area contributed by atoms with Crippen molar-refractivity contribution in [3.8, 4) is 0 Å². The number of nitrogens with zero attached hydrogens (tertiary/aromatic N) is 1. The molecular weight excluding hydrogens is 202 g/mol. The molecule has 0 spiro atoms. The number of carbonyl (C=O) groups is 1. The molecule has 0 aliphatic carbocycles. The van der Waals surface area contributed by atoms with Gasteiger partial charge in [-0.05, 0) is 12.8 Å². The van der Waals surface area contributed by atoms with Gasteiger partial charge in [0.2, 0.25) is 5.91 Å². The number of carbonyl (C=O) groups excluding carboxylic acids is 1. The van der Waals surface area contributed by atoms with Gasteiger partial charge in [0.05, 0.1) is 11.5 Å². The Bertz CT molecular complexity index is 310. The summed E-state index contributed by atoms with van der Waals surface area (Å²) in [6.07, 6.45) is 1.47. The maximum absolute atomic E-state index is 11.3. The minimum absolute atomic E-state index is 0.0195. The highest BCUT2D eigenvalue weighted by atomic mass is 32.2. The van der Waals surface area contributed by atoms with E-state index >= 15 is 0 Å². The van der Waals surface area contributed by atoms with Crippen LogP contribution in [0.2, 0.25) is 0 Å². The number of hydrogen-bond donors (Lipinski definition) is 0. The standard InChI is InChI=1S/C9H17NO3S/c1-3-5-10(8(2)11)9-4-6-14(12,13)7-9/h9H,3-7H2,1-2H3/t9-/m0/s1. The molecule has 0 aromatic heterocycles. The fourth-order valence-electron chi connectivity index (χ4n) is 1.86. The van der Waals surface area contributed by atoms with Gasteiger partial charge in [0.25, 0.3) is 0 Å². The zero-order valence-corrected chi connectivity index (χ0v) is 9.51. The van der Waals surface area contributed by atoms with Crippen LogP contribution in [-0.4, -0.2) is 43.3 Å². The Kier molecular flexibility index (Phi) is 3.53. The van der Waals surface area contributed by atoms with Crippen molar-refractivity contribution >= 4 is 15.7 Å². The largest absolute Gasteiger partial charge is 0.339 e. The summed E-state index contributed by atoms with van der Waals surface area (Å²) in [5, 5.41) is 0. The molecule has 0 saturated carbocycles. The predicted octanol–water partition coefficient (Wildman–Crippen LogP) is 0.432. The van der Waals surface area contributed by atoms with Crippen LogP contribution in [0.5, 0.6) is 0 Å². The maximum Gasteiger partial charge on any atom is 0.219 e. The molecule has 0 aromatic carbocycles. The highest BCUT2D eigenvalue weighted by Crippen LogP contribution is 2.18. The third-order valence-corrected chi connectivity index (χ3v) is 4.27. The molecule has 1 saturated heterocycles. The Morgan fingerprint density at radius 1 is 1.50 bits per heavy atom. The van der Waals surface area contributed by atoms with Crippen molar-refractivity contribution in [2.45, 2.75) is 32.7 Å². The van der Waals surface area contributed by atoms with Crippen LogP contribution in [0, 0.1) is 0 Å². The van der Waals surface area contributed by atoms with Crippen molar-refractivity contribution in [3.05, 3.63) is 0 Å². The topological polar surface area (TPSA) is 54.5 Å². The molecule has 14 heavy (non-hydrogen) atoms. The van der Waals surface area contributed by atoms with Gasteiger partial charge in [-0.2, -0.15) is 0 Å². The highest BCUT2D eigenvalue weighted by Gasteiger charge is 2.32. The van der Waals surface area contributed by atoms with Crippen LogP contribution in [0.3, 0.4) is 0 Å². The van der Waals surface area contributed by atoms with Crippen LogP contribution >= 0.6 is 0 Å². The molecule has 1 heterocycles. The second-order valence-corrected chi connectivity index (χ2v) is 6.00. The van der Waals surface area contributed by atoms with E-state index in [1.54, 1.807) is 4.90 Å². The van der Waals surface area contributed by atoms with Crippen LogP contribution in [0.25, 0.3) is 0 Å². The molecule has 1 rings (SSSR count). The van der Waals surface area contributed by atoms with E-state index in [2.05, 4.69) is 0 Å². The van der Waals surface area contributed by atoms with E-state index in [9.17, 15) is 13.2 Å². The van der Waals surface area contributed by atoms with Gasteiger partial charge in [-0.15, -0.1) is 0 Å². The van der Waals surface area contributed by atoms with E-state index in [1.807, 2.05) is 6.92 Å². The molecule has 1 amide bonds. The number of rotatable bonds is 3. The van der Waals surface area contributed by atoms with Crippen molar-refractivity contribution in [1.29, 1.82) is 0 Å². The van der Waals surface area contributed by atoms with Gasteiger partial charge in [0.1, 0.15) is 0 Å². The van der Waals surface area contributed by atoms with Crippen LogP contribution in [0.1, 0.15) is 26.7 Å². The van der Waals surface area contributed by atoms with Crippen molar-refractivity contribution in [2.75, 3.05) is 18.1 Å². The molecule has 0 radical (unpaired) electrons. The van der Waals surface area contributed by atoms with E-state index < -0.39 is 9.84 Å². The molecule has 1 fully saturated rings. The fourth-order valence-corrected chi connectivity index (χ4v) is 3.59. The lowest BCUT2D eigenvalue weighted by molar-refractivity contribution is -0.130. The van der Waals surface area contributed by atoms with Crippen LogP contribution < -0.4 is 0 Å². The van der Waals surface area contributed by atoms with E-state index in [4.69, 9.17) is 0 Å². The summed E-state index contributed by atoms with van der Waals surface area (Å²) in [4.78, 5) is 12.9. The van der Waals surface area contributed by atoms with Gasteiger partial charge in [0.15, 0.2) is 9.84 Å². The number of hydrogen-bond acceptors (Lipinski definition) is 3. The van der Waals surface area contributed by atoms with Crippen molar-refractivity contribution < 1.29 is 13.2 Å². The van der Waals surface area contributed by atoms with E-state index in [0.717, 1.165) is 6.42 Å². The lowest BCUT2D eigenvalue weighted by Gasteiger charge is -2.26. The maximum atomic E-state index is 11.3. The second kappa shape index (κ2) is 4.29. The molecule has 0 N–H and O–H groups in total. The molecule has 1 aliphatic heterocycles. The minimum Gasteiger partial charge on any atom is -0.339 e. The van der Waals surface area contributed by atoms with Crippen molar-refractivity contribution in [2.24, 2.45) is 0 Å². The van der Waals surface area contributed by atoms with Gasteiger partial charge in [-0.3, -0.25) is 4.79 Å². The zero-order chi connectivity index (χ0) is 10.8. The average Bonchev–Trinajstić information content (AvgIpc) is 2.41. The monoisotopic (exact) mass is 219 g/mol. The third-order valence-electron chi connectivity index (χ3n) is 2.52. The quantitative estimate of drug-likeness (QED) is 0.691. The number of sulfone groups is 1. The van der Waals surface area contributed by atoms with Gasteiger partial charge >= 0.3 is 0 Å². The minimum atomic E-state index is -2.89. The van der Waals surface area contributed by atoms with E-state index in [0.29, 0.717) is 13.0 Å². The van der Waals surface area contributed by atoms with E-state index in [-0.39, 0.29) is 23.5 Å². The summed E-state index contributed by atoms with van der Waals surface area (Å²) in [6.45, 7) is 4.15. The smallest absolute Gasteiger partial charge is 0.219 e. The first-order chi connectivity index (χ1) is 6.46. The molecule has 0 unspecified atom stereocenters. The lowest BCUT2D eigenvalue weighted by atomic mass is 10.2. The summed E-state index contributed by atoms with van der Waals surface area (Å²) in [5.41, 5.74) is 0. The predicted molar refractivity (Wildman–Crippen MR) is 54.7 cm³/mol. The summed E-state index contributed by atoms with van der Waals surface area (Å²) >= 11 is 0. The SMILES string of the molecule is CCCN(C(C)=O)[C@H]1CCS(=O)(=O)C1. The Balaban J connectivity index is 2.67. The highest BCUT2D eigenvalue weighted by molar-refractivity contribution is 7.91. The Morgan fingerprint density at radius 2 is 2.14 bits per heavy atom. The first-order valence-corrected chi connectivity index (χ1v) is 6.76. The Morgan fingerprint density at radius 3 is 2.50 bits per heavy atom. The summed E-state index contributed by atoms with van der Waals surface area (Å²) < 4.78 is 22.5. The van der Waals surface area contributed by atoms with Crippen molar-refractivity contribution in [3.63, 3.8) is 0 Å². The normalized spacial score (nSPS) is 24.9. The first-order valence-electron chi connectivity index (χ1n) is 4.94. The summed E-state index contributed by atoms with van der Waals surface area (Å²) in [5.74, 6) is 0.353. The van der Waals surface area contributed by atoms with Crippen LogP contribution in [-0.2, 0) is 14.6 Å². The second-order valence-electron chi connectivity index (χ2n) is 3.77. The van der Waals surface area contributed by atoms with Gasteiger partial charge in [-0.25, -0.2) is 8.42 Å². The van der Waals surface area contributed by atoms with Crippen molar-refractivity contribution in [1.82, 2.24) is 4.90 Å². The molecule has 4 nitrogen and oxygen atoms in total. The van der Waals surface area contributed by atoms with Gasteiger partial charge in [0, 0.05) is 19.5 Å². The molecule has 5 heteroatoms. The van der Waals surface area contributed by atoms with Gasteiger partial charge < -0.3 is 4.90 Å². The zero-order valence-electron chi connectivity index (χ0n) is 8.69. The first kappa shape index (κ1) is 11.5. The summed E-state index contributed by atoms with van der Waals surface area (Å²) in [6, 6.07) is -0.0857. The molecule has 82 valence electrons. The van der Waals surface area contributed by atoms with Gasteiger partial charge in [-0.1, -0.05) is 6.92 Å². The molecule has 0 aromatic rings. The Hall–Kier alpha value is -0.580. The van der Waals surface area contributed by atoms with Crippen LogP contribution in [0.4, 0.5) is 0 Å². The average molecular weight is 219 g/mol. The number of amides is 1.